The van der Waals surface area contributed by atoms with Crippen LogP contribution in [0.3, 0.4) is 0 Å². The van der Waals surface area contributed by atoms with E-state index in [0.717, 1.165) is 25.8 Å². The third-order valence-corrected chi connectivity index (χ3v) is 4.07. The molecule has 0 saturated heterocycles. The van der Waals surface area contributed by atoms with Gasteiger partial charge in [-0.3, -0.25) is 4.79 Å². The number of hydrogen-bond donors (Lipinski definition) is 2. The quantitative estimate of drug-likeness (QED) is 0.680. The summed E-state index contributed by atoms with van der Waals surface area (Å²) in [5, 5.41) is 6.80. The molecule has 0 aliphatic rings. The minimum Gasteiger partial charge on any atom is -0.370 e. The van der Waals surface area contributed by atoms with Crippen molar-refractivity contribution in [3.05, 3.63) is 45.8 Å². The Labute approximate surface area is 151 Å². The van der Waals surface area contributed by atoms with Crippen molar-refractivity contribution < 1.29 is 4.79 Å². The van der Waals surface area contributed by atoms with Crippen LogP contribution in [0.15, 0.2) is 24.3 Å². The number of unbranched alkanes of at least 4 members (excludes halogenated alkanes) is 2. The van der Waals surface area contributed by atoms with Gasteiger partial charge in [-0.25, -0.2) is 9.97 Å². The highest BCUT2D eigenvalue weighted by Crippen LogP contribution is 2.25. The van der Waals surface area contributed by atoms with Gasteiger partial charge in [-0.05, 0) is 31.5 Å². The van der Waals surface area contributed by atoms with Crippen LogP contribution in [0.4, 0.5) is 11.5 Å². The molecule has 24 heavy (non-hydrogen) atoms. The van der Waals surface area contributed by atoms with Crippen LogP contribution < -0.4 is 10.6 Å². The lowest BCUT2D eigenvalue weighted by molar-refractivity contribution is 0.102. The van der Waals surface area contributed by atoms with Crippen LogP contribution in [-0.4, -0.2) is 22.4 Å². The van der Waals surface area contributed by atoms with Crippen molar-refractivity contribution in [2.45, 2.75) is 33.1 Å². The van der Waals surface area contributed by atoms with Crippen LogP contribution in [0.2, 0.25) is 10.0 Å². The molecule has 0 fully saturated rings. The Bertz CT molecular complexity index is 722. The average molecular weight is 367 g/mol. The van der Waals surface area contributed by atoms with Gasteiger partial charge in [0.15, 0.2) is 0 Å². The maximum atomic E-state index is 12.4. The summed E-state index contributed by atoms with van der Waals surface area (Å²) in [5.41, 5.74) is 0.856. The molecule has 7 heteroatoms. The molecule has 1 aromatic heterocycles. The van der Waals surface area contributed by atoms with Crippen LogP contribution in [0.25, 0.3) is 0 Å². The van der Waals surface area contributed by atoms with E-state index in [9.17, 15) is 4.79 Å². The Kier molecular flexibility index (Phi) is 6.82. The molecular weight excluding hydrogens is 347 g/mol. The zero-order chi connectivity index (χ0) is 17.5. The predicted molar refractivity (Wildman–Crippen MR) is 99.2 cm³/mol. The Hall–Kier alpha value is -1.85. The second-order valence-corrected chi connectivity index (χ2v) is 6.22. The van der Waals surface area contributed by atoms with E-state index < -0.39 is 0 Å². The fourth-order valence-electron chi connectivity index (χ4n) is 2.14. The van der Waals surface area contributed by atoms with Gasteiger partial charge in [-0.2, -0.15) is 0 Å². The largest absolute Gasteiger partial charge is 0.370 e. The molecule has 2 N–H and O–H groups in total. The van der Waals surface area contributed by atoms with Gasteiger partial charge in [0, 0.05) is 18.3 Å². The standard InChI is InChI=1S/C17H20Cl2N4O/c1-3-4-5-8-20-16-10-15(21-11(2)22-16)17(24)23-12-6-7-13(18)14(19)9-12/h6-7,9-10H,3-5,8H2,1-2H3,(H,23,24)(H,20,21,22). The number of hydrogen-bond acceptors (Lipinski definition) is 4. The topological polar surface area (TPSA) is 66.9 Å². The van der Waals surface area contributed by atoms with Crippen molar-refractivity contribution in [3.63, 3.8) is 0 Å². The molecule has 2 rings (SSSR count). The smallest absolute Gasteiger partial charge is 0.274 e. The van der Waals surface area contributed by atoms with Crippen LogP contribution in [0, 0.1) is 6.92 Å². The lowest BCUT2D eigenvalue weighted by atomic mass is 10.2. The molecule has 128 valence electrons. The second-order valence-electron chi connectivity index (χ2n) is 5.40. The molecule has 1 heterocycles. The SMILES string of the molecule is CCCCCNc1cc(C(=O)Nc2ccc(Cl)c(Cl)c2)nc(C)n1. The molecule has 0 bridgehead atoms. The highest BCUT2D eigenvalue weighted by molar-refractivity contribution is 6.42. The number of carbonyl (C=O) groups is 1. The van der Waals surface area contributed by atoms with E-state index in [0.29, 0.717) is 33.1 Å². The van der Waals surface area contributed by atoms with Gasteiger partial charge < -0.3 is 10.6 Å². The predicted octanol–water partition coefficient (Wildman–Crippen LogP) is 4.95. The Morgan fingerprint density at radius 2 is 1.92 bits per heavy atom. The molecule has 0 aliphatic carbocycles. The van der Waals surface area contributed by atoms with Crippen molar-refractivity contribution in [1.82, 2.24) is 9.97 Å². The van der Waals surface area contributed by atoms with E-state index in [1.807, 2.05) is 0 Å². The highest BCUT2D eigenvalue weighted by Gasteiger charge is 2.11. The molecule has 0 unspecified atom stereocenters. The summed E-state index contributed by atoms with van der Waals surface area (Å²) in [5.74, 6) is 0.864. The number of benzene rings is 1. The minimum atomic E-state index is -0.324. The third-order valence-electron chi connectivity index (χ3n) is 3.33. The van der Waals surface area contributed by atoms with Gasteiger partial charge in [0.05, 0.1) is 10.0 Å². The number of amides is 1. The summed E-state index contributed by atoms with van der Waals surface area (Å²) in [6.45, 7) is 4.73. The van der Waals surface area contributed by atoms with Crippen LogP contribution in [0.5, 0.6) is 0 Å². The second kappa shape index (κ2) is 8.85. The molecule has 1 aromatic carbocycles. The first-order valence-electron chi connectivity index (χ1n) is 7.85. The number of aromatic nitrogens is 2. The van der Waals surface area contributed by atoms with Gasteiger partial charge in [0.2, 0.25) is 0 Å². The molecular formula is C17H20Cl2N4O. The van der Waals surface area contributed by atoms with Crippen LogP contribution >= 0.6 is 23.2 Å². The van der Waals surface area contributed by atoms with Crippen molar-refractivity contribution in [2.75, 3.05) is 17.2 Å². The Morgan fingerprint density at radius 3 is 2.62 bits per heavy atom. The fraction of sp³-hybridized carbons (Fsp3) is 0.353. The first kappa shape index (κ1) is 18.5. The number of aryl methyl sites for hydroxylation is 1. The summed E-state index contributed by atoms with van der Waals surface area (Å²) >= 11 is 11.8. The number of nitrogens with one attached hydrogen (secondary N) is 2. The molecule has 0 aliphatic heterocycles. The van der Waals surface area contributed by atoms with Crippen molar-refractivity contribution in [2.24, 2.45) is 0 Å². The average Bonchev–Trinajstić information content (AvgIpc) is 2.54. The Balaban J connectivity index is 2.07. The molecule has 0 spiro atoms. The molecule has 0 radical (unpaired) electrons. The van der Waals surface area contributed by atoms with Gasteiger partial charge >= 0.3 is 0 Å². The first-order valence-corrected chi connectivity index (χ1v) is 8.61. The number of anilines is 2. The van der Waals surface area contributed by atoms with E-state index in [2.05, 4.69) is 27.5 Å². The fourth-order valence-corrected chi connectivity index (χ4v) is 2.43. The molecule has 5 nitrogen and oxygen atoms in total. The summed E-state index contributed by atoms with van der Waals surface area (Å²) in [6.07, 6.45) is 3.37. The summed E-state index contributed by atoms with van der Waals surface area (Å²) in [6, 6.07) is 6.56. The zero-order valence-corrected chi connectivity index (χ0v) is 15.2. The van der Waals surface area contributed by atoms with E-state index in [4.69, 9.17) is 23.2 Å². The lowest BCUT2D eigenvalue weighted by Crippen LogP contribution is -2.16. The molecule has 2 aromatic rings. The number of halogens is 2. The number of carbonyl (C=O) groups excluding carboxylic acids is 1. The molecule has 0 atom stereocenters. The van der Waals surface area contributed by atoms with E-state index in [1.54, 1.807) is 31.2 Å². The third kappa shape index (κ3) is 5.35. The van der Waals surface area contributed by atoms with Crippen molar-refractivity contribution in [3.8, 4) is 0 Å². The monoisotopic (exact) mass is 366 g/mol. The molecule has 0 saturated carbocycles. The minimum absolute atomic E-state index is 0.298. The number of nitrogens with zero attached hydrogens (tertiary/aromatic N) is 2. The maximum absolute atomic E-state index is 12.4. The van der Waals surface area contributed by atoms with E-state index in [1.165, 1.54) is 0 Å². The summed E-state index contributed by atoms with van der Waals surface area (Å²) in [4.78, 5) is 20.9. The summed E-state index contributed by atoms with van der Waals surface area (Å²) in [7, 11) is 0. The van der Waals surface area contributed by atoms with Gasteiger partial charge in [0.1, 0.15) is 17.3 Å². The molecule has 1 amide bonds. The zero-order valence-electron chi connectivity index (χ0n) is 13.7. The van der Waals surface area contributed by atoms with Gasteiger partial charge in [-0.1, -0.05) is 43.0 Å². The van der Waals surface area contributed by atoms with E-state index in [-0.39, 0.29) is 5.91 Å². The number of rotatable bonds is 7. The normalized spacial score (nSPS) is 10.5. The summed E-state index contributed by atoms with van der Waals surface area (Å²) < 4.78 is 0. The van der Waals surface area contributed by atoms with Gasteiger partial charge in [0.25, 0.3) is 5.91 Å². The lowest BCUT2D eigenvalue weighted by Gasteiger charge is -2.09. The van der Waals surface area contributed by atoms with Crippen molar-refractivity contribution >= 4 is 40.6 Å². The van der Waals surface area contributed by atoms with Crippen LogP contribution in [0.1, 0.15) is 42.5 Å². The van der Waals surface area contributed by atoms with Crippen LogP contribution in [-0.2, 0) is 0 Å². The highest BCUT2D eigenvalue weighted by atomic mass is 35.5. The first-order chi connectivity index (χ1) is 11.5. The van der Waals surface area contributed by atoms with Gasteiger partial charge in [-0.15, -0.1) is 0 Å². The van der Waals surface area contributed by atoms with E-state index >= 15 is 0 Å². The maximum Gasteiger partial charge on any atom is 0.274 e. The Morgan fingerprint density at radius 1 is 1.12 bits per heavy atom. The van der Waals surface area contributed by atoms with Crippen molar-refractivity contribution in [1.29, 1.82) is 0 Å².